The van der Waals surface area contributed by atoms with Gasteiger partial charge in [0.25, 0.3) is 5.91 Å². The van der Waals surface area contributed by atoms with Crippen molar-refractivity contribution in [2.24, 2.45) is 5.73 Å². The van der Waals surface area contributed by atoms with Crippen LogP contribution in [-0.4, -0.2) is 34.9 Å². The molecule has 5 nitrogen and oxygen atoms in total. The van der Waals surface area contributed by atoms with Gasteiger partial charge in [-0.05, 0) is 18.9 Å². The lowest BCUT2D eigenvalue weighted by Crippen LogP contribution is -2.42. The van der Waals surface area contributed by atoms with Crippen LogP contribution in [0.25, 0.3) is 10.6 Å². The summed E-state index contributed by atoms with van der Waals surface area (Å²) in [5.41, 5.74) is 7.26. The van der Waals surface area contributed by atoms with E-state index >= 15 is 0 Å². The minimum atomic E-state index is -0.00195. The van der Waals surface area contributed by atoms with Gasteiger partial charge in [0.15, 0.2) is 0 Å². The average molecular weight is 350 g/mol. The van der Waals surface area contributed by atoms with Gasteiger partial charge in [-0.15, -0.1) is 36.2 Å². The fraction of sp³-hybridized carbons (Fsp3) is 0.385. The predicted molar refractivity (Wildman–Crippen MR) is 87.4 cm³/mol. The van der Waals surface area contributed by atoms with Crippen molar-refractivity contribution in [2.45, 2.75) is 18.9 Å². The van der Waals surface area contributed by atoms with Crippen LogP contribution in [0.15, 0.2) is 28.4 Å². The molecule has 0 saturated carbocycles. The van der Waals surface area contributed by atoms with Gasteiger partial charge in [-0.2, -0.15) is 0 Å². The van der Waals surface area contributed by atoms with Crippen molar-refractivity contribution in [1.82, 2.24) is 9.88 Å². The van der Waals surface area contributed by atoms with Gasteiger partial charge in [-0.3, -0.25) is 4.79 Å². The Balaban J connectivity index is 0.00000110. The number of halogens is 2. The summed E-state index contributed by atoms with van der Waals surface area (Å²) in [5.74, 6) is -0.00195. The summed E-state index contributed by atoms with van der Waals surface area (Å²) >= 11 is 1.46. The van der Waals surface area contributed by atoms with Crippen molar-refractivity contribution < 1.29 is 9.21 Å². The summed E-state index contributed by atoms with van der Waals surface area (Å²) in [4.78, 5) is 18.5. The minimum Gasteiger partial charge on any atom is -0.472 e. The number of likely N-dealkylation sites (tertiary alicyclic amines) is 1. The number of thiazole rings is 1. The summed E-state index contributed by atoms with van der Waals surface area (Å²) in [6.07, 6.45) is 4.96. The van der Waals surface area contributed by atoms with Crippen LogP contribution < -0.4 is 5.73 Å². The molecule has 0 unspecified atom stereocenters. The van der Waals surface area contributed by atoms with Crippen LogP contribution in [0.2, 0.25) is 0 Å². The third-order valence-electron chi connectivity index (χ3n) is 3.32. The Morgan fingerprint density at radius 2 is 2.10 bits per heavy atom. The molecule has 8 heteroatoms. The first-order chi connectivity index (χ1) is 9.24. The number of nitrogens with two attached hydrogens (primary N) is 1. The molecule has 3 heterocycles. The third kappa shape index (κ3) is 3.97. The molecule has 0 atom stereocenters. The average Bonchev–Trinajstić information content (AvgIpc) is 3.10. The van der Waals surface area contributed by atoms with E-state index in [2.05, 4.69) is 4.98 Å². The van der Waals surface area contributed by atoms with E-state index in [-0.39, 0.29) is 36.8 Å². The fourth-order valence-corrected chi connectivity index (χ4v) is 2.94. The minimum absolute atomic E-state index is 0. The normalized spacial score (nSPS) is 15.2. The molecule has 116 valence electrons. The molecule has 1 aliphatic heterocycles. The molecule has 0 aliphatic carbocycles. The number of hydrogen-bond acceptors (Lipinski definition) is 5. The summed E-state index contributed by atoms with van der Waals surface area (Å²) in [6, 6.07) is 2.06. The molecule has 3 rings (SSSR count). The highest BCUT2D eigenvalue weighted by molar-refractivity contribution is 7.13. The number of piperidine rings is 1. The molecule has 2 aromatic rings. The van der Waals surface area contributed by atoms with E-state index in [0.717, 1.165) is 36.5 Å². The smallest absolute Gasteiger partial charge is 0.273 e. The van der Waals surface area contributed by atoms with E-state index < -0.39 is 0 Å². The topological polar surface area (TPSA) is 72.4 Å². The number of hydrogen-bond donors (Lipinski definition) is 1. The molecule has 1 saturated heterocycles. The van der Waals surface area contributed by atoms with E-state index in [0.29, 0.717) is 5.69 Å². The highest BCUT2D eigenvalue weighted by Gasteiger charge is 2.23. The van der Waals surface area contributed by atoms with E-state index in [1.165, 1.54) is 11.3 Å². The van der Waals surface area contributed by atoms with Crippen LogP contribution in [0.5, 0.6) is 0 Å². The lowest BCUT2D eigenvalue weighted by molar-refractivity contribution is 0.0709. The van der Waals surface area contributed by atoms with Gasteiger partial charge in [-0.1, -0.05) is 0 Å². The lowest BCUT2D eigenvalue weighted by Gasteiger charge is -2.29. The molecule has 0 bridgehead atoms. The van der Waals surface area contributed by atoms with Gasteiger partial charge in [0.05, 0.1) is 6.26 Å². The zero-order chi connectivity index (χ0) is 13.2. The van der Waals surface area contributed by atoms with Crippen molar-refractivity contribution >= 4 is 42.1 Å². The zero-order valence-electron chi connectivity index (χ0n) is 11.2. The summed E-state index contributed by atoms with van der Waals surface area (Å²) in [5, 5.41) is 2.62. The summed E-state index contributed by atoms with van der Waals surface area (Å²) < 4.78 is 5.02. The number of carbonyl (C=O) groups excluding carboxylic acids is 1. The Kier molecular flexibility index (Phi) is 6.67. The maximum absolute atomic E-state index is 12.3. The fourth-order valence-electron chi connectivity index (χ4n) is 2.16. The second-order valence-corrected chi connectivity index (χ2v) is 5.54. The molecule has 2 aromatic heterocycles. The van der Waals surface area contributed by atoms with Gasteiger partial charge >= 0.3 is 0 Å². The van der Waals surface area contributed by atoms with E-state index in [9.17, 15) is 4.79 Å². The molecule has 1 fully saturated rings. The number of nitrogens with zero attached hydrogens (tertiary/aromatic N) is 2. The molecule has 21 heavy (non-hydrogen) atoms. The highest BCUT2D eigenvalue weighted by atomic mass is 35.5. The largest absolute Gasteiger partial charge is 0.472 e. The number of aromatic nitrogens is 1. The SMILES string of the molecule is Cl.Cl.NC1CCN(C(=O)c2csc(-c3ccoc3)n2)CC1. The number of furan rings is 1. The van der Waals surface area contributed by atoms with Crippen molar-refractivity contribution in [3.05, 3.63) is 29.7 Å². The second kappa shape index (κ2) is 7.79. The molecule has 1 amide bonds. The molecule has 1 aliphatic rings. The monoisotopic (exact) mass is 349 g/mol. The second-order valence-electron chi connectivity index (χ2n) is 4.68. The molecular formula is C13H17Cl2N3O2S. The van der Waals surface area contributed by atoms with Crippen LogP contribution in [-0.2, 0) is 0 Å². The third-order valence-corrected chi connectivity index (χ3v) is 4.21. The summed E-state index contributed by atoms with van der Waals surface area (Å²) in [7, 11) is 0. The summed E-state index contributed by atoms with van der Waals surface area (Å²) in [6.45, 7) is 1.44. The van der Waals surface area contributed by atoms with E-state index in [1.54, 1.807) is 17.9 Å². The van der Waals surface area contributed by atoms with Gasteiger partial charge < -0.3 is 15.1 Å². The first-order valence-corrected chi connectivity index (χ1v) is 7.15. The van der Waals surface area contributed by atoms with E-state index in [4.69, 9.17) is 10.2 Å². The Morgan fingerprint density at radius 3 is 2.71 bits per heavy atom. The van der Waals surface area contributed by atoms with Crippen molar-refractivity contribution in [1.29, 1.82) is 0 Å². The molecule has 0 aromatic carbocycles. The maximum Gasteiger partial charge on any atom is 0.273 e. The van der Waals surface area contributed by atoms with Crippen LogP contribution in [0.4, 0.5) is 0 Å². The first-order valence-electron chi connectivity index (χ1n) is 6.27. The predicted octanol–water partition coefficient (Wildman–Crippen LogP) is 2.81. The molecular weight excluding hydrogens is 333 g/mol. The Labute approximate surface area is 139 Å². The quantitative estimate of drug-likeness (QED) is 0.904. The Hall–Kier alpha value is -1.08. The van der Waals surface area contributed by atoms with Crippen LogP contribution in [0.3, 0.4) is 0 Å². The number of rotatable bonds is 2. The highest BCUT2D eigenvalue weighted by Crippen LogP contribution is 2.25. The van der Waals surface area contributed by atoms with Crippen molar-refractivity contribution in [3.63, 3.8) is 0 Å². The standard InChI is InChI=1S/C13H15N3O2S.2ClH/c14-10-1-4-16(5-2-10)13(17)11-8-19-12(15-11)9-3-6-18-7-9;;/h3,6-8,10H,1-2,4-5,14H2;2*1H. The van der Waals surface area contributed by atoms with Gasteiger partial charge in [0.1, 0.15) is 17.0 Å². The van der Waals surface area contributed by atoms with Gasteiger partial charge in [0, 0.05) is 30.1 Å². The lowest BCUT2D eigenvalue weighted by atomic mass is 10.1. The number of carbonyl (C=O) groups is 1. The Bertz CT molecular complexity index is 566. The van der Waals surface area contributed by atoms with Crippen LogP contribution in [0, 0.1) is 0 Å². The molecule has 2 N–H and O–H groups in total. The van der Waals surface area contributed by atoms with Crippen molar-refractivity contribution in [3.8, 4) is 10.6 Å². The Morgan fingerprint density at radius 1 is 1.38 bits per heavy atom. The van der Waals surface area contributed by atoms with Crippen LogP contribution >= 0.6 is 36.2 Å². The van der Waals surface area contributed by atoms with E-state index in [1.807, 2.05) is 11.0 Å². The van der Waals surface area contributed by atoms with Gasteiger partial charge in [0.2, 0.25) is 0 Å². The first kappa shape index (κ1) is 18.0. The van der Waals surface area contributed by atoms with Crippen molar-refractivity contribution in [2.75, 3.05) is 13.1 Å². The number of amides is 1. The molecule has 0 radical (unpaired) electrons. The molecule has 0 spiro atoms. The van der Waals surface area contributed by atoms with Gasteiger partial charge in [-0.25, -0.2) is 4.98 Å². The zero-order valence-corrected chi connectivity index (χ0v) is 13.7. The van der Waals surface area contributed by atoms with Crippen LogP contribution in [0.1, 0.15) is 23.3 Å². The maximum atomic E-state index is 12.3.